The van der Waals surface area contributed by atoms with E-state index in [1.54, 1.807) is 30.3 Å². The van der Waals surface area contributed by atoms with Crippen LogP contribution >= 0.6 is 0 Å². The summed E-state index contributed by atoms with van der Waals surface area (Å²) < 4.78 is 1.73. The van der Waals surface area contributed by atoms with Gasteiger partial charge >= 0.3 is 0 Å². The molecule has 2 aromatic heterocycles. The Labute approximate surface area is 122 Å². The lowest BCUT2D eigenvalue weighted by Crippen LogP contribution is -2.27. The minimum atomic E-state index is 0.190. The smallest absolute Gasteiger partial charge is 0.241 e. The van der Waals surface area contributed by atoms with Crippen LogP contribution in [-0.2, 0) is 0 Å². The first-order chi connectivity index (χ1) is 10.3. The van der Waals surface area contributed by atoms with E-state index in [1.165, 1.54) is 0 Å². The van der Waals surface area contributed by atoms with Crippen LogP contribution in [-0.4, -0.2) is 49.3 Å². The van der Waals surface area contributed by atoms with Gasteiger partial charge in [-0.15, -0.1) is 0 Å². The van der Waals surface area contributed by atoms with Crippen LogP contribution in [0.4, 0.5) is 11.9 Å². The summed E-state index contributed by atoms with van der Waals surface area (Å²) in [5.74, 6) is 1.78. The SMILES string of the molecule is CNc1nc(NC2CCCC2CO)nc(-n2ccnc2)n1. The van der Waals surface area contributed by atoms with Gasteiger partial charge < -0.3 is 15.7 Å². The molecule has 2 atom stereocenters. The Bertz CT molecular complexity index is 586. The van der Waals surface area contributed by atoms with Gasteiger partial charge in [-0.2, -0.15) is 15.0 Å². The third-order valence-corrected chi connectivity index (χ3v) is 3.79. The molecular weight excluding hydrogens is 270 g/mol. The monoisotopic (exact) mass is 289 g/mol. The van der Waals surface area contributed by atoms with Gasteiger partial charge in [0.15, 0.2) is 0 Å². The number of rotatable bonds is 5. The number of aliphatic hydroxyl groups is 1. The lowest BCUT2D eigenvalue weighted by molar-refractivity contribution is 0.222. The Morgan fingerprint density at radius 3 is 2.86 bits per heavy atom. The molecule has 1 saturated carbocycles. The molecule has 0 radical (unpaired) electrons. The fourth-order valence-corrected chi connectivity index (χ4v) is 2.65. The summed E-state index contributed by atoms with van der Waals surface area (Å²) in [6, 6.07) is 0.206. The van der Waals surface area contributed by atoms with E-state index in [0.29, 0.717) is 17.8 Å². The highest BCUT2D eigenvalue weighted by Gasteiger charge is 2.27. The summed E-state index contributed by atoms with van der Waals surface area (Å²) >= 11 is 0. The molecule has 21 heavy (non-hydrogen) atoms. The zero-order chi connectivity index (χ0) is 14.7. The van der Waals surface area contributed by atoms with Crippen molar-refractivity contribution in [1.82, 2.24) is 24.5 Å². The van der Waals surface area contributed by atoms with Crippen molar-refractivity contribution >= 4 is 11.9 Å². The summed E-state index contributed by atoms with van der Waals surface area (Å²) in [7, 11) is 1.77. The van der Waals surface area contributed by atoms with Crippen molar-refractivity contribution in [2.75, 3.05) is 24.3 Å². The van der Waals surface area contributed by atoms with Crippen molar-refractivity contribution in [3.8, 4) is 5.95 Å². The van der Waals surface area contributed by atoms with Crippen molar-refractivity contribution in [2.45, 2.75) is 25.3 Å². The minimum absolute atomic E-state index is 0.190. The maximum absolute atomic E-state index is 9.40. The highest BCUT2D eigenvalue weighted by molar-refractivity contribution is 5.38. The predicted molar refractivity (Wildman–Crippen MR) is 78.3 cm³/mol. The molecule has 2 unspecified atom stereocenters. The molecule has 112 valence electrons. The number of nitrogens with one attached hydrogen (secondary N) is 2. The third-order valence-electron chi connectivity index (χ3n) is 3.79. The molecule has 0 spiro atoms. The van der Waals surface area contributed by atoms with E-state index in [4.69, 9.17) is 0 Å². The molecule has 8 nitrogen and oxygen atoms in total. The third kappa shape index (κ3) is 2.94. The Balaban J connectivity index is 1.86. The highest BCUT2D eigenvalue weighted by Crippen LogP contribution is 2.27. The van der Waals surface area contributed by atoms with Gasteiger partial charge in [-0.05, 0) is 12.8 Å². The van der Waals surface area contributed by atoms with Gasteiger partial charge in [0.05, 0.1) is 0 Å². The number of aliphatic hydroxyl groups excluding tert-OH is 1. The molecule has 0 saturated heterocycles. The molecule has 3 rings (SSSR count). The number of aromatic nitrogens is 5. The standard InChI is InChI=1S/C13H19N7O/c1-14-11-17-12(16-10-4-2-3-9(10)7-21)19-13(18-11)20-6-5-15-8-20/h5-6,8-10,21H,2-4,7H2,1H3,(H2,14,16,17,18,19). The van der Waals surface area contributed by atoms with Gasteiger partial charge in [0.25, 0.3) is 0 Å². The van der Waals surface area contributed by atoms with E-state index in [1.807, 2.05) is 0 Å². The van der Waals surface area contributed by atoms with Crippen LogP contribution in [0.25, 0.3) is 5.95 Å². The fraction of sp³-hybridized carbons (Fsp3) is 0.538. The van der Waals surface area contributed by atoms with E-state index in [9.17, 15) is 5.11 Å². The topological polar surface area (TPSA) is 101 Å². The average Bonchev–Trinajstić information content (AvgIpc) is 3.18. The van der Waals surface area contributed by atoms with Gasteiger partial charge in [-0.1, -0.05) is 6.42 Å². The van der Waals surface area contributed by atoms with Crippen molar-refractivity contribution in [2.24, 2.45) is 5.92 Å². The molecule has 2 aromatic rings. The summed E-state index contributed by atoms with van der Waals surface area (Å²) in [5, 5.41) is 15.7. The number of anilines is 2. The van der Waals surface area contributed by atoms with Crippen molar-refractivity contribution < 1.29 is 5.11 Å². The highest BCUT2D eigenvalue weighted by atomic mass is 16.3. The quantitative estimate of drug-likeness (QED) is 0.743. The van der Waals surface area contributed by atoms with E-state index < -0.39 is 0 Å². The van der Waals surface area contributed by atoms with Crippen molar-refractivity contribution in [3.05, 3.63) is 18.7 Å². The van der Waals surface area contributed by atoms with Gasteiger partial charge in [0.1, 0.15) is 6.33 Å². The molecule has 2 heterocycles. The molecule has 8 heteroatoms. The van der Waals surface area contributed by atoms with E-state index in [0.717, 1.165) is 19.3 Å². The van der Waals surface area contributed by atoms with E-state index in [-0.39, 0.29) is 18.6 Å². The first-order valence-electron chi connectivity index (χ1n) is 7.09. The summed E-state index contributed by atoms with van der Waals surface area (Å²) in [4.78, 5) is 17.1. The number of hydrogen-bond donors (Lipinski definition) is 3. The first kappa shape index (κ1) is 13.7. The zero-order valence-electron chi connectivity index (χ0n) is 11.9. The molecule has 1 aliphatic carbocycles. The summed E-state index contributed by atoms with van der Waals surface area (Å²) in [6.07, 6.45) is 8.27. The van der Waals surface area contributed by atoms with Crippen LogP contribution in [0.3, 0.4) is 0 Å². The fourth-order valence-electron chi connectivity index (χ4n) is 2.65. The Morgan fingerprint density at radius 1 is 1.29 bits per heavy atom. The van der Waals surface area contributed by atoms with Crippen LogP contribution in [0, 0.1) is 5.92 Å². The lowest BCUT2D eigenvalue weighted by Gasteiger charge is -2.19. The van der Waals surface area contributed by atoms with Gasteiger partial charge in [0.2, 0.25) is 17.8 Å². The van der Waals surface area contributed by atoms with Crippen molar-refractivity contribution in [1.29, 1.82) is 0 Å². The largest absolute Gasteiger partial charge is 0.396 e. The van der Waals surface area contributed by atoms with Crippen LogP contribution in [0.1, 0.15) is 19.3 Å². The Hall–Kier alpha value is -2.22. The minimum Gasteiger partial charge on any atom is -0.396 e. The zero-order valence-corrected chi connectivity index (χ0v) is 11.9. The van der Waals surface area contributed by atoms with Gasteiger partial charge in [-0.3, -0.25) is 4.57 Å². The summed E-state index contributed by atoms with van der Waals surface area (Å²) in [6.45, 7) is 0.190. The van der Waals surface area contributed by atoms with Gasteiger partial charge in [-0.25, -0.2) is 4.98 Å². The molecule has 0 aliphatic heterocycles. The average molecular weight is 289 g/mol. The number of imidazole rings is 1. The number of nitrogens with zero attached hydrogens (tertiary/aromatic N) is 5. The molecule has 1 aliphatic rings. The molecule has 0 bridgehead atoms. The predicted octanol–water partition coefficient (Wildman–Crippen LogP) is 0.672. The second-order valence-electron chi connectivity index (χ2n) is 5.13. The van der Waals surface area contributed by atoms with Crippen LogP contribution in [0.5, 0.6) is 0 Å². The molecular formula is C13H19N7O. The number of hydrogen-bond acceptors (Lipinski definition) is 7. The first-order valence-corrected chi connectivity index (χ1v) is 7.09. The molecule has 1 fully saturated rings. The maximum atomic E-state index is 9.40. The lowest BCUT2D eigenvalue weighted by atomic mass is 10.1. The molecule has 0 amide bonds. The second kappa shape index (κ2) is 6.04. The summed E-state index contributed by atoms with van der Waals surface area (Å²) in [5.41, 5.74) is 0. The van der Waals surface area contributed by atoms with Crippen molar-refractivity contribution in [3.63, 3.8) is 0 Å². The molecule has 0 aromatic carbocycles. The van der Waals surface area contributed by atoms with Gasteiger partial charge in [0, 0.05) is 38.0 Å². The van der Waals surface area contributed by atoms with E-state index in [2.05, 4.69) is 30.6 Å². The second-order valence-corrected chi connectivity index (χ2v) is 5.13. The van der Waals surface area contributed by atoms with Crippen LogP contribution in [0.15, 0.2) is 18.7 Å². The normalized spacial score (nSPS) is 21.4. The Morgan fingerprint density at radius 2 is 2.14 bits per heavy atom. The van der Waals surface area contributed by atoms with E-state index >= 15 is 0 Å². The Kier molecular flexibility index (Phi) is 3.96. The molecule has 3 N–H and O–H groups in total. The maximum Gasteiger partial charge on any atom is 0.241 e. The van der Waals surface area contributed by atoms with Crippen LogP contribution < -0.4 is 10.6 Å². The van der Waals surface area contributed by atoms with Crippen LogP contribution in [0.2, 0.25) is 0 Å².